The predicted octanol–water partition coefficient (Wildman–Crippen LogP) is 2.48. The van der Waals surface area contributed by atoms with Gasteiger partial charge in [0, 0.05) is 12.7 Å². The molecular weight excluding hydrogens is 244 g/mol. The Hall–Kier alpha value is -1.65. The first-order chi connectivity index (χ1) is 9.24. The highest BCUT2D eigenvalue weighted by Crippen LogP contribution is 2.13. The summed E-state index contributed by atoms with van der Waals surface area (Å²) in [6, 6.07) is 7.65. The number of carboxylic acids is 1. The molecule has 102 valence electrons. The fraction of sp³-hybridized carbons (Fsp3) is 0.400. The van der Waals surface area contributed by atoms with Crippen LogP contribution in [0.25, 0.3) is 6.08 Å². The number of hydrogen-bond donors (Lipinski definition) is 1. The predicted molar refractivity (Wildman–Crippen MR) is 71.7 cm³/mol. The van der Waals surface area contributed by atoms with E-state index in [-0.39, 0.29) is 6.10 Å². The van der Waals surface area contributed by atoms with E-state index < -0.39 is 5.97 Å². The molecule has 0 aliphatic carbocycles. The van der Waals surface area contributed by atoms with Crippen molar-refractivity contribution in [2.45, 2.75) is 25.6 Å². The minimum atomic E-state index is -0.944. The highest BCUT2D eigenvalue weighted by atomic mass is 16.5. The molecule has 0 amide bonds. The largest absolute Gasteiger partial charge is 0.478 e. The van der Waals surface area contributed by atoms with E-state index in [0.29, 0.717) is 13.2 Å². The van der Waals surface area contributed by atoms with E-state index in [9.17, 15) is 4.79 Å². The average Bonchev–Trinajstić information content (AvgIpc) is 2.90. The number of aliphatic carboxylic acids is 1. The number of hydrogen-bond acceptors (Lipinski definition) is 3. The van der Waals surface area contributed by atoms with Crippen LogP contribution in [-0.4, -0.2) is 30.4 Å². The van der Waals surface area contributed by atoms with Crippen molar-refractivity contribution < 1.29 is 19.4 Å². The molecule has 4 nitrogen and oxygen atoms in total. The molecule has 1 fully saturated rings. The summed E-state index contributed by atoms with van der Waals surface area (Å²) in [6.07, 6.45) is 5.12. The van der Waals surface area contributed by atoms with E-state index in [1.54, 1.807) is 6.08 Å². The normalized spacial score (nSPS) is 19.1. The summed E-state index contributed by atoms with van der Waals surface area (Å²) in [5.74, 6) is -0.944. The second kappa shape index (κ2) is 7.07. The Morgan fingerprint density at radius 3 is 3.16 bits per heavy atom. The van der Waals surface area contributed by atoms with Gasteiger partial charge in [-0.2, -0.15) is 0 Å². The molecule has 1 N–H and O–H groups in total. The molecule has 1 aromatic carbocycles. The van der Waals surface area contributed by atoms with Crippen molar-refractivity contribution >= 4 is 12.0 Å². The Kier molecular flexibility index (Phi) is 5.12. The van der Waals surface area contributed by atoms with Gasteiger partial charge in [0.1, 0.15) is 0 Å². The summed E-state index contributed by atoms with van der Waals surface area (Å²) in [5.41, 5.74) is 1.89. The lowest BCUT2D eigenvalue weighted by Gasteiger charge is -2.10. The van der Waals surface area contributed by atoms with Crippen molar-refractivity contribution in [1.82, 2.24) is 0 Å². The van der Waals surface area contributed by atoms with Crippen molar-refractivity contribution in [1.29, 1.82) is 0 Å². The zero-order chi connectivity index (χ0) is 13.5. The molecule has 1 unspecified atom stereocenters. The summed E-state index contributed by atoms with van der Waals surface area (Å²) in [7, 11) is 0. The van der Waals surface area contributed by atoms with Gasteiger partial charge in [0.15, 0.2) is 0 Å². The lowest BCUT2D eigenvalue weighted by atomic mass is 10.1. The zero-order valence-corrected chi connectivity index (χ0v) is 10.7. The molecular formula is C15H18O4. The lowest BCUT2D eigenvalue weighted by Crippen LogP contribution is -2.13. The molecule has 4 heteroatoms. The Labute approximate surface area is 112 Å². The topological polar surface area (TPSA) is 55.8 Å². The summed E-state index contributed by atoms with van der Waals surface area (Å²) in [4.78, 5) is 10.5. The lowest BCUT2D eigenvalue weighted by molar-refractivity contribution is -0.131. The van der Waals surface area contributed by atoms with Gasteiger partial charge in [-0.15, -0.1) is 0 Å². The average molecular weight is 262 g/mol. The van der Waals surface area contributed by atoms with Gasteiger partial charge in [-0.1, -0.05) is 18.2 Å². The molecule has 1 aromatic rings. The van der Waals surface area contributed by atoms with Crippen LogP contribution in [0.2, 0.25) is 0 Å². The van der Waals surface area contributed by atoms with Crippen LogP contribution in [0.3, 0.4) is 0 Å². The van der Waals surface area contributed by atoms with E-state index in [1.807, 2.05) is 24.3 Å². The third-order valence-electron chi connectivity index (χ3n) is 2.97. The fourth-order valence-corrected chi connectivity index (χ4v) is 2.04. The first-order valence-corrected chi connectivity index (χ1v) is 6.43. The maximum atomic E-state index is 10.5. The minimum Gasteiger partial charge on any atom is -0.478 e. The van der Waals surface area contributed by atoms with Crippen LogP contribution in [0.1, 0.15) is 24.0 Å². The van der Waals surface area contributed by atoms with Crippen molar-refractivity contribution in [2.24, 2.45) is 0 Å². The Morgan fingerprint density at radius 1 is 1.53 bits per heavy atom. The third-order valence-corrected chi connectivity index (χ3v) is 2.97. The van der Waals surface area contributed by atoms with Crippen LogP contribution in [-0.2, 0) is 20.9 Å². The molecule has 0 bridgehead atoms. The molecule has 1 aliphatic heterocycles. The van der Waals surface area contributed by atoms with Crippen LogP contribution in [0.5, 0.6) is 0 Å². The van der Waals surface area contributed by atoms with Crippen molar-refractivity contribution in [3.05, 3.63) is 41.5 Å². The van der Waals surface area contributed by atoms with Crippen LogP contribution in [0.15, 0.2) is 30.3 Å². The second-order valence-corrected chi connectivity index (χ2v) is 4.57. The molecule has 0 saturated carbocycles. The third kappa shape index (κ3) is 4.85. The van der Waals surface area contributed by atoms with E-state index in [4.69, 9.17) is 14.6 Å². The second-order valence-electron chi connectivity index (χ2n) is 4.57. The first-order valence-electron chi connectivity index (χ1n) is 6.43. The van der Waals surface area contributed by atoms with Crippen molar-refractivity contribution in [3.8, 4) is 0 Å². The summed E-state index contributed by atoms with van der Waals surface area (Å²) in [6.45, 7) is 1.98. The SMILES string of the molecule is O=C(O)/C=C/c1cccc(COCC2CCCO2)c1. The van der Waals surface area contributed by atoms with Crippen LogP contribution < -0.4 is 0 Å². The van der Waals surface area contributed by atoms with Gasteiger partial charge in [0.05, 0.1) is 19.3 Å². The van der Waals surface area contributed by atoms with Gasteiger partial charge in [-0.25, -0.2) is 4.79 Å². The quantitative estimate of drug-likeness (QED) is 0.800. The van der Waals surface area contributed by atoms with E-state index >= 15 is 0 Å². The maximum Gasteiger partial charge on any atom is 0.328 e. The van der Waals surface area contributed by atoms with Gasteiger partial charge in [0.25, 0.3) is 0 Å². The maximum absolute atomic E-state index is 10.5. The van der Waals surface area contributed by atoms with Crippen molar-refractivity contribution in [2.75, 3.05) is 13.2 Å². The fourth-order valence-electron chi connectivity index (χ4n) is 2.04. The van der Waals surface area contributed by atoms with E-state index in [1.165, 1.54) is 0 Å². The Morgan fingerprint density at radius 2 is 2.42 bits per heavy atom. The molecule has 1 saturated heterocycles. The Bertz CT molecular complexity index is 447. The number of rotatable bonds is 6. The number of ether oxygens (including phenoxy) is 2. The smallest absolute Gasteiger partial charge is 0.328 e. The van der Waals surface area contributed by atoms with Crippen LogP contribution >= 0.6 is 0 Å². The van der Waals surface area contributed by atoms with E-state index in [0.717, 1.165) is 36.7 Å². The molecule has 19 heavy (non-hydrogen) atoms. The van der Waals surface area contributed by atoms with Crippen LogP contribution in [0.4, 0.5) is 0 Å². The molecule has 1 heterocycles. The van der Waals surface area contributed by atoms with Gasteiger partial charge >= 0.3 is 5.97 Å². The van der Waals surface area contributed by atoms with Gasteiger partial charge < -0.3 is 14.6 Å². The summed E-state index contributed by atoms with van der Waals surface area (Å²) in [5, 5.41) is 8.58. The van der Waals surface area contributed by atoms with Gasteiger partial charge in [0.2, 0.25) is 0 Å². The minimum absolute atomic E-state index is 0.232. The number of carboxylic acid groups (broad SMARTS) is 1. The molecule has 2 rings (SSSR count). The van der Waals surface area contributed by atoms with Gasteiger partial charge in [-0.05, 0) is 36.1 Å². The first kappa shape index (κ1) is 13.8. The molecule has 0 spiro atoms. The van der Waals surface area contributed by atoms with E-state index in [2.05, 4.69) is 0 Å². The molecule has 0 aromatic heterocycles. The molecule has 1 aliphatic rings. The molecule has 0 radical (unpaired) electrons. The molecule has 1 atom stereocenters. The number of carbonyl (C=O) groups is 1. The standard InChI is InChI=1S/C15H18O4/c16-15(17)7-6-12-3-1-4-13(9-12)10-18-11-14-5-2-8-19-14/h1,3-4,6-7,9,14H,2,5,8,10-11H2,(H,16,17)/b7-6+. The Balaban J connectivity index is 1.82. The summed E-state index contributed by atoms with van der Waals surface area (Å²) < 4.78 is 11.1. The summed E-state index contributed by atoms with van der Waals surface area (Å²) >= 11 is 0. The highest BCUT2D eigenvalue weighted by molar-refractivity contribution is 5.85. The monoisotopic (exact) mass is 262 g/mol. The number of benzene rings is 1. The zero-order valence-electron chi connectivity index (χ0n) is 10.7. The van der Waals surface area contributed by atoms with Gasteiger partial charge in [-0.3, -0.25) is 0 Å². The van der Waals surface area contributed by atoms with Crippen molar-refractivity contribution in [3.63, 3.8) is 0 Å². The van der Waals surface area contributed by atoms with Crippen LogP contribution in [0, 0.1) is 0 Å². The highest BCUT2D eigenvalue weighted by Gasteiger charge is 2.15.